The fourth-order valence-electron chi connectivity index (χ4n) is 2.75. The second kappa shape index (κ2) is 8.92. The molecule has 150 valence electrons. The molecule has 1 aliphatic heterocycles. The molecule has 0 bridgehead atoms. The second-order valence-corrected chi connectivity index (χ2v) is 9.31. The smallest absolute Gasteiger partial charge is 0.262 e. The number of anilines is 1. The first kappa shape index (κ1) is 21.3. The van der Waals surface area contributed by atoms with Crippen LogP contribution in [0.15, 0.2) is 46.2 Å². The zero-order valence-electron chi connectivity index (χ0n) is 14.9. The number of carbonyl (C=O) groups excluding carboxylic acids is 1. The van der Waals surface area contributed by atoms with Gasteiger partial charge in [0.2, 0.25) is 0 Å². The molecule has 0 radical (unpaired) electrons. The van der Waals surface area contributed by atoms with Gasteiger partial charge in [-0.25, -0.2) is 8.42 Å². The highest BCUT2D eigenvalue weighted by atomic mass is 35.5. The number of nitrogens with zero attached hydrogens (tertiary/aromatic N) is 1. The molecule has 3 rings (SSSR count). The van der Waals surface area contributed by atoms with Crippen LogP contribution in [0, 0.1) is 0 Å². The van der Waals surface area contributed by atoms with Gasteiger partial charge < -0.3 is 9.64 Å². The molecule has 0 atom stereocenters. The van der Waals surface area contributed by atoms with Crippen LogP contribution in [0.1, 0.15) is 10.4 Å². The predicted octanol–water partition coefficient (Wildman–Crippen LogP) is 3.99. The van der Waals surface area contributed by atoms with Gasteiger partial charge >= 0.3 is 0 Å². The Morgan fingerprint density at radius 3 is 2.39 bits per heavy atom. The van der Waals surface area contributed by atoms with Crippen molar-refractivity contribution in [2.45, 2.75) is 9.79 Å². The highest BCUT2D eigenvalue weighted by molar-refractivity contribution is 7.98. The quantitative estimate of drug-likeness (QED) is 0.682. The maximum Gasteiger partial charge on any atom is 0.262 e. The van der Waals surface area contributed by atoms with Crippen molar-refractivity contribution in [1.29, 1.82) is 0 Å². The lowest BCUT2D eigenvalue weighted by atomic mass is 10.2. The third kappa shape index (κ3) is 4.58. The summed E-state index contributed by atoms with van der Waals surface area (Å²) in [5.41, 5.74) is 0.434. The highest BCUT2D eigenvalue weighted by Gasteiger charge is 2.24. The third-order valence-electron chi connectivity index (χ3n) is 4.21. The number of thioether (sulfide) groups is 1. The van der Waals surface area contributed by atoms with Crippen LogP contribution in [-0.2, 0) is 14.8 Å². The van der Waals surface area contributed by atoms with E-state index in [1.165, 1.54) is 36.0 Å². The van der Waals surface area contributed by atoms with E-state index in [1.54, 1.807) is 17.0 Å². The van der Waals surface area contributed by atoms with E-state index in [1.807, 2.05) is 6.26 Å². The van der Waals surface area contributed by atoms with Gasteiger partial charge in [-0.15, -0.1) is 11.8 Å². The molecule has 1 amide bonds. The van der Waals surface area contributed by atoms with E-state index in [0.29, 0.717) is 36.8 Å². The first-order valence-electron chi connectivity index (χ1n) is 8.35. The molecule has 0 unspecified atom stereocenters. The van der Waals surface area contributed by atoms with E-state index in [-0.39, 0.29) is 26.5 Å². The zero-order chi connectivity index (χ0) is 20.3. The lowest BCUT2D eigenvalue weighted by Gasteiger charge is -2.27. The maximum atomic E-state index is 12.9. The Morgan fingerprint density at radius 1 is 1.14 bits per heavy atom. The van der Waals surface area contributed by atoms with Crippen molar-refractivity contribution in [3.63, 3.8) is 0 Å². The van der Waals surface area contributed by atoms with Crippen molar-refractivity contribution >= 4 is 56.6 Å². The van der Waals surface area contributed by atoms with Gasteiger partial charge in [0.25, 0.3) is 15.9 Å². The van der Waals surface area contributed by atoms with E-state index in [2.05, 4.69) is 4.72 Å². The number of amides is 1. The second-order valence-electron chi connectivity index (χ2n) is 5.97. The molecule has 1 saturated heterocycles. The fraction of sp³-hybridized carbons (Fsp3) is 0.278. The average Bonchev–Trinajstić information content (AvgIpc) is 2.70. The van der Waals surface area contributed by atoms with Crippen molar-refractivity contribution in [2.75, 3.05) is 37.3 Å². The van der Waals surface area contributed by atoms with Crippen molar-refractivity contribution in [3.8, 4) is 0 Å². The maximum absolute atomic E-state index is 12.9. The number of halogens is 2. The van der Waals surface area contributed by atoms with E-state index in [9.17, 15) is 13.2 Å². The largest absolute Gasteiger partial charge is 0.378 e. The van der Waals surface area contributed by atoms with Crippen LogP contribution in [0.3, 0.4) is 0 Å². The van der Waals surface area contributed by atoms with Gasteiger partial charge in [-0.2, -0.15) is 0 Å². The van der Waals surface area contributed by atoms with Crippen LogP contribution in [0.5, 0.6) is 0 Å². The molecule has 0 saturated carbocycles. The number of morpholine rings is 1. The van der Waals surface area contributed by atoms with Gasteiger partial charge in [-0.3, -0.25) is 9.52 Å². The summed E-state index contributed by atoms with van der Waals surface area (Å²) >= 11 is 13.5. The molecule has 0 spiro atoms. The van der Waals surface area contributed by atoms with Crippen LogP contribution in [0.2, 0.25) is 10.0 Å². The lowest BCUT2D eigenvalue weighted by molar-refractivity contribution is 0.0300. The first-order valence-corrected chi connectivity index (χ1v) is 11.8. The van der Waals surface area contributed by atoms with Crippen molar-refractivity contribution in [1.82, 2.24) is 4.90 Å². The molecule has 1 fully saturated rings. The van der Waals surface area contributed by atoms with Gasteiger partial charge in [0, 0.05) is 18.0 Å². The standard InChI is InChI=1S/C18H18Cl2N2O4S2/c1-27-16-6-5-12(11-13(16)18(23)22-7-9-26-10-8-22)28(24,25)21-17-14(19)3-2-4-15(17)20/h2-6,11,21H,7-10H2,1H3. The summed E-state index contributed by atoms with van der Waals surface area (Å²) in [4.78, 5) is 15.2. The SMILES string of the molecule is CSc1ccc(S(=O)(=O)Nc2c(Cl)cccc2Cl)cc1C(=O)N1CCOCC1. The molecule has 10 heteroatoms. The van der Waals surface area contributed by atoms with Gasteiger partial charge in [0.1, 0.15) is 0 Å². The Labute approximate surface area is 178 Å². The number of rotatable bonds is 5. The Bertz CT molecular complexity index is 973. The Morgan fingerprint density at radius 2 is 1.79 bits per heavy atom. The highest BCUT2D eigenvalue weighted by Crippen LogP contribution is 2.33. The third-order valence-corrected chi connectivity index (χ3v) is 6.98. The lowest BCUT2D eigenvalue weighted by Crippen LogP contribution is -2.41. The Hall–Kier alpha value is -1.45. The monoisotopic (exact) mass is 460 g/mol. The van der Waals surface area contributed by atoms with Crippen LogP contribution in [0.25, 0.3) is 0 Å². The topological polar surface area (TPSA) is 75.7 Å². The summed E-state index contributed by atoms with van der Waals surface area (Å²) in [5.74, 6) is -0.222. The minimum atomic E-state index is -3.99. The molecule has 6 nitrogen and oxygen atoms in total. The molecule has 1 aliphatic rings. The van der Waals surface area contributed by atoms with Crippen LogP contribution in [0.4, 0.5) is 5.69 Å². The van der Waals surface area contributed by atoms with Gasteiger partial charge in [0.15, 0.2) is 0 Å². The molecule has 0 aliphatic carbocycles. The van der Waals surface area contributed by atoms with Gasteiger partial charge in [-0.05, 0) is 36.6 Å². The zero-order valence-corrected chi connectivity index (χ0v) is 18.1. The summed E-state index contributed by atoms with van der Waals surface area (Å²) in [6, 6.07) is 9.16. The predicted molar refractivity (Wildman–Crippen MR) is 112 cm³/mol. The van der Waals surface area contributed by atoms with Crippen LogP contribution >= 0.6 is 35.0 Å². The minimum absolute atomic E-state index is 0.0436. The summed E-state index contributed by atoms with van der Waals surface area (Å²) in [7, 11) is -3.99. The molecular weight excluding hydrogens is 443 g/mol. The summed E-state index contributed by atoms with van der Waals surface area (Å²) in [6.45, 7) is 1.87. The summed E-state index contributed by atoms with van der Waals surface area (Å²) in [6.07, 6.45) is 1.83. The normalized spacial score (nSPS) is 14.8. The van der Waals surface area contributed by atoms with Crippen molar-refractivity contribution in [2.24, 2.45) is 0 Å². The number of carbonyl (C=O) groups is 1. The Kier molecular flexibility index (Phi) is 6.77. The van der Waals surface area contributed by atoms with Crippen molar-refractivity contribution < 1.29 is 17.9 Å². The number of nitrogens with one attached hydrogen (secondary N) is 1. The van der Waals surface area contributed by atoms with E-state index >= 15 is 0 Å². The average molecular weight is 461 g/mol. The fourth-order valence-corrected chi connectivity index (χ4v) is 5.05. The number of sulfonamides is 1. The summed E-state index contributed by atoms with van der Waals surface area (Å²) < 4.78 is 33.4. The van der Waals surface area contributed by atoms with Crippen LogP contribution in [-0.4, -0.2) is 51.8 Å². The van der Waals surface area contributed by atoms with E-state index in [4.69, 9.17) is 27.9 Å². The minimum Gasteiger partial charge on any atom is -0.378 e. The molecule has 0 aromatic heterocycles. The molecule has 1 N–H and O–H groups in total. The number of para-hydroxylation sites is 1. The van der Waals surface area contributed by atoms with Gasteiger partial charge in [0.05, 0.1) is 39.4 Å². The van der Waals surface area contributed by atoms with E-state index < -0.39 is 10.0 Å². The Balaban J connectivity index is 1.96. The summed E-state index contributed by atoms with van der Waals surface area (Å²) in [5, 5.41) is 0.364. The molecule has 2 aromatic carbocycles. The number of benzene rings is 2. The van der Waals surface area contributed by atoms with Gasteiger partial charge in [-0.1, -0.05) is 29.3 Å². The molecule has 28 heavy (non-hydrogen) atoms. The first-order chi connectivity index (χ1) is 13.3. The number of ether oxygens (including phenoxy) is 1. The van der Waals surface area contributed by atoms with Crippen LogP contribution < -0.4 is 4.72 Å². The molecule has 1 heterocycles. The number of hydrogen-bond acceptors (Lipinski definition) is 5. The molecule has 2 aromatic rings. The number of hydrogen-bond donors (Lipinski definition) is 1. The van der Waals surface area contributed by atoms with E-state index in [0.717, 1.165) is 0 Å². The molecular formula is C18H18Cl2N2O4S2. The van der Waals surface area contributed by atoms with Crippen molar-refractivity contribution in [3.05, 3.63) is 52.0 Å².